The number of aryl methyl sites for hydroxylation is 1. The average molecular weight is 205 g/mol. The molecule has 3 nitrogen and oxygen atoms in total. The molecule has 15 heavy (non-hydrogen) atoms. The molecule has 3 heteroatoms. The van der Waals surface area contributed by atoms with Crippen LogP contribution in [0.25, 0.3) is 0 Å². The van der Waals surface area contributed by atoms with Gasteiger partial charge in [0.05, 0.1) is 7.11 Å². The van der Waals surface area contributed by atoms with Crippen LogP contribution in [0.1, 0.15) is 22.3 Å². The minimum atomic E-state index is 0.0985. The predicted octanol–water partition coefficient (Wildman–Crippen LogP) is 1.71. The minimum absolute atomic E-state index is 0.0985. The Morgan fingerprint density at radius 3 is 2.93 bits per heavy atom. The molecule has 1 aliphatic rings. The molecule has 0 bridgehead atoms. The van der Waals surface area contributed by atoms with Crippen molar-refractivity contribution in [3.8, 4) is 5.75 Å². The van der Waals surface area contributed by atoms with E-state index in [9.17, 15) is 4.79 Å². The molecule has 0 aliphatic carbocycles. The normalized spacial score (nSPS) is 15.9. The Hall–Kier alpha value is -1.51. The van der Waals surface area contributed by atoms with Gasteiger partial charge in [-0.15, -0.1) is 0 Å². The second-order valence-electron chi connectivity index (χ2n) is 3.85. The molecule has 1 amide bonds. The summed E-state index contributed by atoms with van der Waals surface area (Å²) in [6, 6.07) is 5.74. The van der Waals surface area contributed by atoms with E-state index in [0.29, 0.717) is 0 Å². The molecular weight excluding hydrogens is 190 g/mol. The van der Waals surface area contributed by atoms with Gasteiger partial charge in [0.25, 0.3) is 5.91 Å². The lowest BCUT2D eigenvalue weighted by atomic mass is 10.0. The maximum absolute atomic E-state index is 12.0. The molecule has 0 radical (unpaired) electrons. The zero-order valence-electron chi connectivity index (χ0n) is 9.12. The number of amides is 1. The van der Waals surface area contributed by atoms with Gasteiger partial charge < -0.3 is 9.64 Å². The summed E-state index contributed by atoms with van der Waals surface area (Å²) in [7, 11) is 3.46. The SMILES string of the molecule is COc1ccc2c(c1)C(=O)N(C)CCC2. The van der Waals surface area contributed by atoms with Crippen LogP contribution in [0.4, 0.5) is 0 Å². The number of hydrogen-bond acceptors (Lipinski definition) is 2. The number of carbonyl (C=O) groups is 1. The van der Waals surface area contributed by atoms with Crippen LogP contribution in [0.5, 0.6) is 5.75 Å². The Morgan fingerprint density at radius 1 is 1.40 bits per heavy atom. The Bertz CT molecular complexity index is 387. The first-order chi connectivity index (χ1) is 7.22. The van der Waals surface area contributed by atoms with Crippen molar-refractivity contribution in [1.29, 1.82) is 0 Å². The number of fused-ring (bicyclic) bond motifs is 1. The highest BCUT2D eigenvalue weighted by atomic mass is 16.5. The first-order valence-corrected chi connectivity index (χ1v) is 5.15. The topological polar surface area (TPSA) is 29.5 Å². The third-order valence-electron chi connectivity index (χ3n) is 2.83. The maximum Gasteiger partial charge on any atom is 0.254 e. The number of ether oxygens (including phenoxy) is 1. The molecule has 0 spiro atoms. The highest BCUT2D eigenvalue weighted by Gasteiger charge is 2.19. The van der Waals surface area contributed by atoms with Crippen LogP contribution in [-0.4, -0.2) is 31.5 Å². The number of methoxy groups -OCH3 is 1. The molecule has 1 aromatic rings. The van der Waals surface area contributed by atoms with Gasteiger partial charge in [-0.3, -0.25) is 4.79 Å². The number of benzene rings is 1. The molecule has 2 rings (SSSR count). The van der Waals surface area contributed by atoms with Gasteiger partial charge in [-0.1, -0.05) is 6.07 Å². The van der Waals surface area contributed by atoms with Crippen LogP contribution in [0.2, 0.25) is 0 Å². The highest BCUT2D eigenvalue weighted by molar-refractivity contribution is 5.96. The van der Waals surface area contributed by atoms with E-state index in [4.69, 9.17) is 4.74 Å². The first kappa shape index (κ1) is 10.0. The van der Waals surface area contributed by atoms with Crippen molar-refractivity contribution in [1.82, 2.24) is 4.90 Å². The summed E-state index contributed by atoms with van der Waals surface area (Å²) in [5, 5.41) is 0. The lowest BCUT2D eigenvalue weighted by Gasteiger charge is -2.14. The van der Waals surface area contributed by atoms with Gasteiger partial charge in [-0.25, -0.2) is 0 Å². The molecular formula is C12H15NO2. The molecule has 0 atom stereocenters. The number of carbonyl (C=O) groups excluding carboxylic acids is 1. The van der Waals surface area contributed by atoms with Crippen molar-refractivity contribution in [2.24, 2.45) is 0 Å². The Balaban J connectivity index is 2.46. The summed E-state index contributed by atoms with van der Waals surface area (Å²) in [6.07, 6.45) is 2.00. The smallest absolute Gasteiger partial charge is 0.254 e. The lowest BCUT2D eigenvalue weighted by Crippen LogP contribution is -2.26. The largest absolute Gasteiger partial charge is 0.497 e. The quantitative estimate of drug-likeness (QED) is 0.698. The van der Waals surface area contributed by atoms with Gasteiger partial charge in [-0.2, -0.15) is 0 Å². The molecule has 0 fully saturated rings. The Labute approximate surface area is 89.7 Å². The van der Waals surface area contributed by atoms with Crippen molar-refractivity contribution >= 4 is 5.91 Å². The monoisotopic (exact) mass is 205 g/mol. The zero-order valence-corrected chi connectivity index (χ0v) is 9.12. The fourth-order valence-corrected chi connectivity index (χ4v) is 1.91. The third-order valence-corrected chi connectivity index (χ3v) is 2.83. The van der Waals surface area contributed by atoms with E-state index in [2.05, 4.69) is 0 Å². The molecule has 1 aliphatic heterocycles. The van der Waals surface area contributed by atoms with E-state index in [1.54, 1.807) is 12.0 Å². The molecule has 1 aromatic carbocycles. The van der Waals surface area contributed by atoms with Gasteiger partial charge in [0, 0.05) is 19.2 Å². The van der Waals surface area contributed by atoms with Gasteiger partial charge >= 0.3 is 0 Å². The molecule has 0 saturated carbocycles. The molecule has 1 heterocycles. The zero-order chi connectivity index (χ0) is 10.8. The standard InChI is InChI=1S/C12H15NO2/c1-13-7-3-4-9-5-6-10(15-2)8-11(9)12(13)14/h5-6,8H,3-4,7H2,1-2H3. The molecule has 0 saturated heterocycles. The van der Waals surface area contributed by atoms with E-state index >= 15 is 0 Å². The first-order valence-electron chi connectivity index (χ1n) is 5.15. The van der Waals surface area contributed by atoms with Gasteiger partial charge in [0.1, 0.15) is 5.75 Å². The maximum atomic E-state index is 12.0. The minimum Gasteiger partial charge on any atom is -0.497 e. The van der Waals surface area contributed by atoms with Crippen LogP contribution < -0.4 is 4.74 Å². The van der Waals surface area contributed by atoms with E-state index in [1.807, 2.05) is 25.2 Å². The predicted molar refractivity (Wildman–Crippen MR) is 58.3 cm³/mol. The number of hydrogen-bond donors (Lipinski definition) is 0. The number of nitrogens with zero attached hydrogens (tertiary/aromatic N) is 1. The van der Waals surface area contributed by atoms with Crippen molar-refractivity contribution in [2.45, 2.75) is 12.8 Å². The summed E-state index contributed by atoms with van der Waals surface area (Å²) in [4.78, 5) is 13.7. The van der Waals surface area contributed by atoms with Gasteiger partial charge in [0.15, 0.2) is 0 Å². The van der Waals surface area contributed by atoms with Crippen LogP contribution in [0.15, 0.2) is 18.2 Å². The van der Waals surface area contributed by atoms with E-state index in [-0.39, 0.29) is 5.91 Å². The van der Waals surface area contributed by atoms with Crippen LogP contribution in [-0.2, 0) is 6.42 Å². The second kappa shape index (κ2) is 3.93. The van der Waals surface area contributed by atoms with Crippen molar-refractivity contribution in [3.05, 3.63) is 29.3 Å². The van der Waals surface area contributed by atoms with Crippen LogP contribution >= 0.6 is 0 Å². The van der Waals surface area contributed by atoms with Crippen LogP contribution in [0.3, 0.4) is 0 Å². The van der Waals surface area contributed by atoms with Gasteiger partial charge in [0.2, 0.25) is 0 Å². The van der Waals surface area contributed by atoms with Crippen molar-refractivity contribution in [2.75, 3.05) is 20.7 Å². The molecule has 0 N–H and O–H groups in total. The summed E-state index contributed by atoms with van der Waals surface area (Å²) in [6.45, 7) is 0.829. The van der Waals surface area contributed by atoms with Gasteiger partial charge in [-0.05, 0) is 30.5 Å². The summed E-state index contributed by atoms with van der Waals surface area (Å²) in [5.74, 6) is 0.846. The Kier molecular flexibility index (Phi) is 2.62. The fraction of sp³-hybridized carbons (Fsp3) is 0.417. The molecule has 0 unspecified atom stereocenters. The summed E-state index contributed by atoms with van der Waals surface area (Å²) >= 11 is 0. The van der Waals surface area contributed by atoms with E-state index < -0.39 is 0 Å². The Morgan fingerprint density at radius 2 is 2.20 bits per heavy atom. The fourth-order valence-electron chi connectivity index (χ4n) is 1.91. The van der Waals surface area contributed by atoms with E-state index in [0.717, 1.165) is 36.3 Å². The highest BCUT2D eigenvalue weighted by Crippen LogP contribution is 2.22. The average Bonchev–Trinajstić information content (AvgIpc) is 2.40. The van der Waals surface area contributed by atoms with Crippen LogP contribution in [0, 0.1) is 0 Å². The second-order valence-corrected chi connectivity index (χ2v) is 3.85. The summed E-state index contributed by atoms with van der Waals surface area (Å²) < 4.78 is 5.13. The van der Waals surface area contributed by atoms with Crippen molar-refractivity contribution in [3.63, 3.8) is 0 Å². The number of rotatable bonds is 1. The molecule has 0 aromatic heterocycles. The summed E-state index contributed by atoms with van der Waals surface area (Å²) in [5.41, 5.74) is 1.92. The van der Waals surface area contributed by atoms with E-state index in [1.165, 1.54) is 0 Å². The molecule has 80 valence electrons. The van der Waals surface area contributed by atoms with Crippen molar-refractivity contribution < 1.29 is 9.53 Å². The third kappa shape index (κ3) is 1.82. The lowest BCUT2D eigenvalue weighted by molar-refractivity contribution is 0.0799.